The van der Waals surface area contributed by atoms with Gasteiger partial charge in [0.1, 0.15) is 39.9 Å². The molecule has 3 fully saturated rings. The molecule has 0 saturated carbocycles. The fourth-order valence-corrected chi connectivity index (χ4v) is 11.0. The Morgan fingerprint density at radius 2 is 1.64 bits per heavy atom. The minimum atomic E-state index is -1.87. The Bertz CT molecular complexity index is 2020. The molecule has 1 aromatic carbocycles. The minimum Gasteiger partial charge on any atom is -0.481 e. The number of pyridine rings is 1. The molecule has 18 atom stereocenters. The smallest absolute Gasteiger partial charge is 0.324 e. The predicted octanol–water partition coefficient (Wildman–Crippen LogP) is 5.69. The molecule has 72 heavy (non-hydrogen) atoms. The summed E-state index contributed by atoms with van der Waals surface area (Å²) in [5.74, 6) is -2.69. The molecule has 3 aliphatic heterocycles. The van der Waals surface area contributed by atoms with Gasteiger partial charge in [0.15, 0.2) is 18.7 Å². The maximum absolute atomic E-state index is 14.7. The Balaban J connectivity index is 1.64. The van der Waals surface area contributed by atoms with Crippen molar-refractivity contribution in [3.63, 3.8) is 0 Å². The number of halogens is 1. The topological polar surface area (TPSA) is 223 Å². The van der Waals surface area contributed by atoms with E-state index >= 15 is 0 Å². The molecular formula is C53H86ClN5O13. The zero-order valence-corrected chi connectivity index (χ0v) is 45.8. The van der Waals surface area contributed by atoms with Crippen LogP contribution in [0.5, 0.6) is 5.75 Å². The van der Waals surface area contributed by atoms with Crippen molar-refractivity contribution in [2.75, 3.05) is 45.7 Å². The summed E-state index contributed by atoms with van der Waals surface area (Å²) in [6, 6.07) is 10.9. The van der Waals surface area contributed by atoms with Crippen molar-refractivity contribution >= 4 is 29.3 Å². The molecule has 1 aromatic heterocycles. The maximum atomic E-state index is 14.7. The number of esters is 1. The summed E-state index contributed by atoms with van der Waals surface area (Å²) in [6.07, 6.45) is -6.51. The highest BCUT2D eigenvalue weighted by Crippen LogP contribution is 2.43. The van der Waals surface area contributed by atoms with Crippen molar-refractivity contribution in [1.82, 2.24) is 20.5 Å². The molecule has 0 bridgehead atoms. The second-order valence-corrected chi connectivity index (χ2v) is 21.8. The number of hydrogen-bond acceptors (Lipinski definition) is 16. The lowest BCUT2D eigenvalue weighted by Gasteiger charge is -2.53. The molecule has 3 aliphatic rings. The van der Waals surface area contributed by atoms with Gasteiger partial charge in [-0.05, 0) is 117 Å². The second kappa shape index (κ2) is 25.1. The lowest BCUT2D eigenvalue weighted by atomic mass is 9.75. The number of amides is 2. The van der Waals surface area contributed by atoms with Crippen molar-refractivity contribution in [3.8, 4) is 5.75 Å². The van der Waals surface area contributed by atoms with Crippen molar-refractivity contribution in [2.45, 2.75) is 198 Å². The minimum absolute atomic E-state index is 0.0396. The standard InChI is InChI=1S/C53H86ClN5O13/c1-15-24-55-30-53(65)36(8)68-42(27-51(53,10)66-14)71-43-33(5)46(50(9,63)26-31(3)28-56-35(7)45(60)52(11,64)40(16-2)70-47(61)34(43)6)72-48-44(69-38-22-23-41(54)57-29-38)39(25-32(4)67-48)59(13)49(62)58(12)37-20-18-17-19-21-37/h17-23,29,31-36,39-40,42-46,48,55-56,60,63-65H,15-16,24-28,30H2,1-14H3/t31-,32-,33+,34-,35-,36+,39+,40-,42+,43+,44-,45-,46-,48+,50-,51-,52-,53+/m1/s1. The van der Waals surface area contributed by atoms with E-state index in [4.69, 9.17) is 44.8 Å². The lowest BCUT2D eigenvalue weighted by molar-refractivity contribution is -0.335. The number of anilines is 1. The van der Waals surface area contributed by atoms with Crippen molar-refractivity contribution in [3.05, 3.63) is 53.8 Å². The highest BCUT2D eigenvalue weighted by molar-refractivity contribution is 6.29. The average Bonchev–Trinajstić information content (AvgIpc) is 3.34. The van der Waals surface area contributed by atoms with Crippen LogP contribution in [0.2, 0.25) is 5.15 Å². The van der Waals surface area contributed by atoms with Gasteiger partial charge in [0.25, 0.3) is 0 Å². The summed E-state index contributed by atoms with van der Waals surface area (Å²) in [5, 5.41) is 55.7. The van der Waals surface area contributed by atoms with Gasteiger partial charge in [-0.1, -0.05) is 57.5 Å². The molecule has 0 radical (unpaired) electrons. The van der Waals surface area contributed by atoms with Gasteiger partial charge in [0.2, 0.25) is 0 Å². The predicted molar refractivity (Wildman–Crippen MR) is 274 cm³/mol. The molecule has 0 spiro atoms. The molecule has 5 rings (SSSR count). The molecule has 2 amide bonds. The molecule has 0 unspecified atom stereocenters. The summed E-state index contributed by atoms with van der Waals surface area (Å²) >= 11 is 6.22. The molecule has 18 nitrogen and oxygen atoms in total. The zero-order valence-electron chi connectivity index (χ0n) is 45.0. The number of benzene rings is 1. The number of para-hydroxylation sites is 1. The molecule has 408 valence electrons. The molecule has 0 aliphatic carbocycles. The molecule has 19 heteroatoms. The van der Waals surface area contributed by atoms with Gasteiger partial charge in [-0.2, -0.15) is 0 Å². The van der Waals surface area contributed by atoms with Crippen LogP contribution in [-0.4, -0.2) is 173 Å². The summed E-state index contributed by atoms with van der Waals surface area (Å²) in [6.45, 7) is 20.6. The van der Waals surface area contributed by atoms with Crippen molar-refractivity contribution < 1.29 is 63.2 Å². The largest absolute Gasteiger partial charge is 0.481 e. The number of rotatable bonds is 14. The van der Waals surface area contributed by atoms with E-state index in [0.717, 1.165) is 6.42 Å². The zero-order chi connectivity index (χ0) is 53.5. The second-order valence-electron chi connectivity index (χ2n) is 21.4. The average molecular weight is 1040 g/mol. The van der Waals surface area contributed by atoms with Crippen LogP contribution in [0.25, 0.3) is 0 Å². The van der Waals surface area contributed by atoms with Crippen molar-refractivity contribution in [2.24, 2.45) is 17.8 Å². The molecule has 2 aromatic rings. The number of cyclic esters (lactones) is 1. The summed E-state index contributed by atoms with van der Waals surface area (Å²) in [4.78, 5) is 36.5. The maximum Gasteiger partial charge on any atom is 0.324 e. The van der Waals surface area contributed by atoms with E-state index in [1.807, 2.05) is 58.0 Å². The molecule has 3 saturated heterocycles. The number of aromatic nitrogens is 1. The number of urea groups is 1. The number of nitrogens with one attached hydrogen (secondary N) is 2. The Morgan fingerprint density at radius 3 is 2.25 bits per heavy atom. The first-order valence-corrected chi connectivity index (χ1v) is 26.1. The third kappa shape index (κ3) is 13.6. The van der Waals surface area contributed by atoms with Gasteiger partial charge in [-0.15, -0.1) is 0 Å². The summed E-state index contributed by atoms with van der Waals surface area (Å²) < 4.78 is 46.5. The quantitative estimate of drug-likeness (QED) is 0.0760. The number of aliphatic hydroxyl groups is 4. The Hall–Kier alpha value is -3.24. The van der Waals surface area contributed by atoms with E-state index in [1.54, 1.807) is 77.6 Å². The number of nitrogens with zero attached hydrogens (tertiary/aromatic N) is 3. The van der Waals surface area contributed by atoms with Gasteiger partial charge in [-0.3, -0.25) is 9.69 Å². The monoisotopic (exact) mass is 1040 g/mol. The van der Waals surface area contributed by atoms with Crippen LogP contribution in [0.15, 0.2) is 48.7 Å². The fourth-order valence-electron chi connectivity index (χ4n) is 10.9. The third-order valence-corrected chi connectivity index (χ3v) is 15.8. The summed E-state index contributed by atoms with van der Waals surface area (Å²) in [7, 11) is 4.92. The van der Waals surface area contributed by atoms with E-state index < -0.39 is 108 Å². The lowest BCUT2D eigenvalue weighted by Crippen LogP contribution is -2.70. The van der Waals surface area contributed by atoms with Gasteiger partial charge >= 0.3 is 12.0 Å². The van der Waals surface area contributed by atoms with E-state index in [1.165, 1.54) is 20.2 Å². The van der Waals surface area contributed by atoms with E-state index in [2.05, 4.69) is 15.6 Å². The third-order valence-electron chi connectivity index (χ3n) is 15.5. The number of methoxy groups -OCH3 is 1. The van der Waals surface area contributed by atoms with Crippen molar-refractivity contribution in [1.29, 1.82) is 0 Å². The number of carbonyl (C=O) groups is 2. The van der Waals surface area contributed by atoms with Gasteiger partial charge < -0.3 is 69.1 Å². The van der Waals surface area contributed by atoms with Crippen LogP contribution >= 0.6 is 11.6 Å². The fraction of sp³-hybridized carbons (Fsp3) is 0.755. The first-order chi connectivity index (χ1) is 33.7. The number of likely N-dealkylation sites (N-methyl/N-ethyl adjacent to an activating group) is 1. The first kappa shape index (κ1) is 59.6. The van der Waals surface area contributed by atoms with E-state index in [9.17, 15) is 30.0 Å². The van der Waals surface area contributed by atoms with Crippen LogP contribution in [0.3, 0.4) is 0 Å². The normalized spacial score (nSPS) is 39.5. The van der Waals surface area contributed by atoms with Crippen LogP contribution in [0, 0.1) is 17.8 Å². The Kier molecular flexibility index (Phi) is 20.8. The highest BCUT2D eigenvalue weighted by Gasteiger charge is 2.58. The first-order valence-electron chi connectivity index (χ1n) is 25.8. The van der Waals surface area contributed by atoms with Crippen LogP contribution in [0.4, 0.5) is 10.5 Å². The molecule has 4 heterocycles. The number of carbonyl (C=O) groups excluding carboxylic acids is 2. The SMILES string of the molecule is CCCNC[C@]1(O)[C@H](C)O[C@@H](O[C@H]2[C@H](C)[C@@H](O[C@@H]3O[C@H](C)C[C@H](N(C)C(=O)N(C)c4ccccc4)[C@H]3Oc3ccc(Cl)nc3)[C@](C)(O)C[C@@H](C)CN[C@H](C)[C@@H](O)[C@](C)(O)[C@@H](CC)OC(=O)[C@@H]2C)C[C@@]1(C)OC. The number of ether oxygens (including phenoxy) is 7. The van der Waals surface area contributed by atoms with E-state index in [0.29, 0.717) is 30.9 Å². The summed E-state index contributed by atoms with van der Waals surface area (Å²) in [5.41, 5.74) is -5.59. The van der Waals surface area contributed by atoms with Gasteiger partial charge in [0, 0.05) is 51.8 Å². The van der Waals surface area contributed by atoms with Crippen LogP contribution in [0.1, 0.15) is 108 Å². The van der Waals surface area contributed by atoms with Crippen LogP contribution < -0.4 is 20.3 Å². The Morgan fingerprint density at radius 1 is 0.958 bits per heavy atom. The van der Waals surface area contributed by atoms with Crippen LogP contribution in [-0.2, 0) is 33.2 Å². The van der Waals surface area contributed by atoms with Gasteiger partial charge in [0.05, 0.1) is 48.2 Å². The number of aliphatic hydroxyl groups excluding tert-OH is 1. The molecule has 6 N–H and O–H groups in total. The Labute approximate surface area is 432 Å². The highest BCUT2D eigenvalue weighted by atomic mass is 35.5. The van der Waals surface area contributed by atoms with E-state index in [-0.39, 0.29) is 42.9 Å². The number of hydrogen-bond donors (Lipinski definition) is 6. The van der Waals surface area contributed by atoms with Gasteiger partial charge in [-0.25, -0.2) is 9.78 Å². The molecular weight excluding hydrogens is 950 g/mol.